The monoisotopic (exact) mass is 521 g/mol. The number of methoxy groups -OCH3 is 4. The summed E-state index contributed by atoms with van der Waals surface area (Å²) >= 11 is 0. The van der Waals surface area contributed by atoms with Crippen LogP contribution in [0.1, 0.15) is 31.4 Å². The predicted octanol–water partition coefficient (Wildman–Crippen LogP) is 4.35. The third-order valence-electron chi connectivity index (χ3n) is 6.63. The molecule has 1 aromatic heterocycles. The van der Waals surface area contributed by atoms with E-state index in [1.54, 1.807) is 46.8 Å². The summed E-state index contributed by atoms with van der Waals surface area (Å²) in [6, 6.07) is 13.1. The third-order valence-corrected chi connectivity index (χ3v) is 6.63. The normalized spacial score (nSPS) is 15.8. The molecule has 1 unspecified atom stereocenters. The molecule has 4 rings (SSSR count). The summed E-state index contributed by atoms with van der Waals surface area (Å²) in [5, 5.41) is 6.38. The van der Waals surface area contributed by atoms with Crippen molar-refractivity contribution in [3.63, 3.8) is 0 Å². The van der Waals surface area contributed by atoms with Crippen LogP contribution in [0.3, 0.4) is 0 Å². The summed E-state index contributed by atoms with van der Waals surface area (Å²) in [6.07, 6.45) is 3.43. The van der Waals surface area contributed by atoms with Gasteiger partial charge in [-0.3, -0.25) is 4.79 Å². The fourth-order valence-corrected chi connectivity index (χ4v) is 4.59. The molecule has 0 saturated carbocycles. The largest absolute Gasteiger partial charge is 0.497 e. The molecule has 1 aliphatic heterocycles. The van der Waals surface area contributed by atoms with Crippen LogP contribution in [-0.4, -0.2) is 57.4 Å². The van der Waals surface area contributed by atoms with E-state index in [1.165, 1.54) is 0 Å². The zero-order valence-electron chi connectivity index (χ0n) is 22.5. The highest BCUT2D eigenvalue weighted by Crippen LogP contribution is 2.40. The van der Waals surface area contributed by atoms with E-state index in [0.717, 1.165) is 36.5 Å². The summed E-state index contributed by atoms with van der Waals surface area (Å²) in [7, 11) is 6.33. The number of carbonyl (C=O) groups is 1. The van der Waals surface area contributed by atoms with Crippen LogP contribution in [-0.2, 0) is 4.79 Å². The fourth-order valence-electron chi connectivity index (χ4n) is 4.59. The smallest absolute Gasteiger partial charge is 0.229 e. The molecule has 2 heterocycles. The number of hydrogen-bond donors (Lipinski definition) is 2. The number of anilines is 3. The topological polar surface area (TPSA) is 107 Å². The Bertz CT molecular complexity index is 1230. The number of ether oxygens (including phenoxy) is 4. The van der Waals surface area contributed by atoms with Crippen LogP contribution in [0.4, 0.5) is 17.5 Å². The van der Waals surface area contributed by atoms with E-state index >= 15 is 0 Å². The van der Waals surface area contributed by atoms with Gasteiger partial charge in [-0.2, -0.15) is 4.98 Å². The molecule has 202 valence electrons. The van der Waals surface area contributed by atoms with Crippen LogP contribution in [0.15, 0.2) is 48.7 Å². The quantitative estimate of drug-likeness (QED) is 0.403. The molecule has 38 heavy (non-hydrogen) atoms. The van der Waals surface area contributed by atoms with Crippen molar-refractivity contribution in [3.05, 3.63) is 54.2 Å². The molecule has 10 heteroatoms. The first-order valence-corrected chi connectivity index (χ1v) is 12.5. The first-order valence-electron chi connectivity index (χ1n) is 12.5. The summed E-state index contributed by atoms with van der Waals surface area (Å²) in [6.45, 7) is 3.38. The molecule has 1 amide bonds. The molecular formula is C28H35N5O5. The Morgan fingerprint density at radius 2 is 1.79 bits per heavy atom. The predicted molar refractivity (Wildman–Crippen MR) is 146 cm³/mol. The maximum atomic E-state index is 13.1. The van der Waals surface area contributed by atoms with E-state index in [-0.39, 0.29) is 17.9 Å². The van der Waals surface area contributed by atoms with Crippen LogP contribution in [0, 0.1) is 5.92 Å². The van der Waals surface area contributed by atoms with Gasteiger partial charge in [0.05, 0.1) is 40.4 Å². The van der Waals surface area contributed by atoms with Crippen LogP contribution in [0.2, 0.25) is 0 Å². The molecule has 3 aromatic rings. The summed E-state index contributed by atoms with van der Waals surface area (Å²) in [4.78, 5) is 24.4. The van der Waals surface area contributed by atoms with Crippen molar-refractivity contribution in [2.75, 3.05) is 51.7 Å². The highest BCUT2D eigenvalue weighted by molar-refractivity contribution is 5.80. The lowest BCUT2D eigenvalue weighted by molar-refractivity contribution is -0.125. The molecule has 2 aromatic carbocycles. The lowest BCUT2D eigenvalue weighted by atomic mass is 9.96. The molecule has 0 bridgehead atoms. The lowest BCUT2D eigenvalue weighted by Crippen LogP contribution is -2.44. The number of amides is 1. The minimum Gasteiger partial charge on any atom is -0.497 e. The highest BCUT2D eigenvalue weighted by Gasteiger charge is 2.28. The Hall–Kier alpha value is -4.21. The first kappa shape index (κ1) is 26.8. The van der Waals surface area contributed by atoms with E-state index in [0.29, 0.717) is 35.4 Å². The zero-order chi connectivity index (χ0) is 27.1. The molecule has 1 saturated heterocycles. The maximum absolute atomic E-state index is 13.1. The van der Waals surface area contributed by atoms with Crippen LogP contribution < -0.4 is 34.5 Å². The van der Waals surface area contributed by atoms with E-state index in [2.05, 4.69) is 20.5 Å². The molecule has 2 atom stereocenters. The van der Waals surface area contributed by atoms with Crippen molar-refractivity contribution in [1.29, 1.82) is 0 Å². The molecule has 0 radical (unpaired) electrons. The number of nitrogens with zero attached hydrogens (tertiary/aromatic N) is 3. The van der Waals surface area contributed by atoms with E-state index in [9.17, 15) is 4.79 Å². The van der Waals surface area contributed by atoms with Crippen molar-refractivity contribution in [2.24, 2.45) is 5.92 Å². The van der Waals surface area contributed by atoms with Gasteiger partial charge in [0.15, 0.2) is 11.5 Å². The lowest BCUT2D eigenvalue weighted by Gasteiger charge is -2.33. The van der Waals surface area contributed by atoms with Crippen LogP contribution in [0.5, 0.6) is 23.0 Å². The zero-order valence-corrected chi connectivity index (χ0v) is 22.5. The molecule has 2 N–H and O–H groups in total. The van der Waals surface area contributed by atoms with Crippen molar-refractivity contribution >= 4 is 23.4 Å². The second-order valence-corrected chi connectivity index (χ2v) is 9.07. The van der Waals surface area contributed by atoms with Gasteiger partial charge in [0, 0.05) is 37.1 Å². The average molecular weight is 522 g/mol. The van der Waals surface area contributed by atoms with Gasteiger partial charge in [0.1, 0.15) is 11.6 Å². The number of benzene rings is 2. The minimum atomic E-state index is -0.140. The summed E-state index contributed by atoms with van der Waals surface area (Å²) in [5.41, 5.74) is 1.70. The Balaban J connectivity index is 1.44. The molecule has 10 nitrogen and oxygen atoms in total. The number of rotatable bonds is 10. The fraction of sp³-hybridized carbons (Fsp3) is 0.393. The number of aromatic nitrogens is 2. The third kappa shape index (κ3) is 6.19. The van der Waals surface area contributed by atoms with E-state index < -0.39 is 0 Å². The van der Waals surface area contributed by atoms with Crippen molar-refractivity contribution in [2.45, 2.75) is 25.8 Å². The summed E-state index contributed by atoms with van der Waals surface area (Å²) < 4.78 is 21.6. The molecule has 0 aliphatic carbocycles. The molecule has 0 spiro atoms. The van der Waals surface area contributed by atoms with Crippen LogP contribution in [0.25, 0.3) is 0 Å². The van der Waals surface area contributed by atoms with Gasteiger partial charge >= 0.3 is 0 Å². The molecule has 1 fully saturated rings. The van der Waals surface area contributed by atoms with Gasteiger partial charge in [-0.25, -0.2) is 4.98 Å². The van der Waals surface area contributed by atoms with Gasteiger partial charge in [-0.05, 0) is 43.5 Å². The van der Waals surface area contributed by atoms with Gasteiger partial charge in [-0.1, -0.05) is 12.1 Å². The van der Waals surface area contributed by atoms with E-state index in [1.807, 2.05) is 37.3 Å². The molecular weight excluding hydrogens is 486 g/mol. The highest BCUT2D eigenvalue weighted by atomic mass is 16.5. The number of nitrogens with one attached hydrogen (secondary N) is 2. The van der Waals surface area contributed by atoms with Gasteiger partial charge in [-0.15, -0.1) is 0 Å². The number of piperidine rings is 1. The Kier molecular flexibility index (Phi) is 8.73. The van der Waals surface area contributed by atoms with Crippen molar-refractivity contribution < 1.29 is 23.7 Å². The number of hydrogen-bond acceptors (Lipinski definition) is 9. The first-order chi connectivity index (χ1) is 18.4. The van der Waals surface area contributed by atoms with Crippen molar-refractivity contribution in [3.8, 4) is 23.0 Å². The SMILES string of the molecule is COc1cccc([C@@H](C)NC(=O)C2CCCN(c3ccnc(Nc4cc(OC)c(OC)c(OC)c4)n3)C2)c1. The maximum Gasteiger partial charge on any atom is 0.229 e. The van der Waals surface area contributed by atoms with Crippen LogP contribution >= 0.6 is 0 Å². The Morgan fingerprint density at radius 1 is 1.03 bits per heavy atom. The minimum absolute atomic E-state index is 0.0369. The van der Waals surface area contributed by atoms with Gasteiger partial charge in [0.2, 0.25) is 17.6 Å². The number of carbonyl (C=O) groups excluding carboxylic acids is 1. The van der Waals surface area contributed by atoms with Crippen molar-refractivity contribution in [1.82, 2.24) is 15.3 Å². The van der Waals surface area contributed by atoms with E-state index in [4.69, 9.17) is 23.9 Å². The second kappa shape index (κ2) is 12.4. The standard InChI is InChI=1S/C28H35N5O5/c1-18(19-8-6-10-22(14-19)35-2)30-27(34)20-9-7-13-33(17-20)25-11-12-29-28(32-25)31-21-15-23(36-3)26(38-5)24(16-21)37-4/h6,8,10-12,14-16,18,20H,7,9,13,17H2,1-5H3,(H,30,34)(H,29,31,32)/t18-,20?/m1/s1. The Labute approximate surface area is 223 Å². The van der Waals surface area contributed by atoms with Gasteiger partial charge in [0.25, 0.3) is 0 Å². The average Bonchev–Trinajstić information content (AvgIpc) is 2.96. The Morgan fingerprint density at radius 3 is 2.47 bits per heavy atom. The molecule has 1 aliphatic rings. The second-order valence-electron chi connectivity index (χ2n) is 9.07. The summed E-state index contributed by atoms with van der Waals surface area (Å²) in [5.74, 6) is 3.41. The van der Waals surface area contributed by atoms with Gasteiger partial charge < -0.3 is 34.5 Å².